The van der Waals surface area contributed by atoms with Crippen LogP contribution in [0.25, 0.3) is 0 Å². The third-order valence-electron chi connectivity index (χ3n) is 5.96. The summed E-state index contributed by atoms with van der Waals surface area (Å²) in [5, 5.41) is 3.53. The highest BCUT2D eigenvalue weighted by Gasteiger charge is 2.30. The molecular weight excluding hydrogens is 476 g/mol. The van der Waals surface area contributed by atoms with E-state index in [1.807, 2.05) is 67.6 Å². The maximum Gasteiger partial charge on any atom is 0.243 e. The van der Waals surface area contributed by atoms with Crippen molar-refractivity contribution in [2.75, 3.05) is 20.8 Å². The topological polar surface area (TPSA) is 67.9 Å². The summed E-state index contributed by atoms with van der Waals surface area (Å²) in [6.07, 6.45) is 1.17. The van der Waals surface area contributed by atoms with Crippen LogP contribution in [0, 0.1) is 0 Å². The number of amides is 2. The van der Waals surface area contributed by atoms with Crippen LogP contribution in [0.1, 0.15) is 30.0 Å². The predicted molar refractivity (Wildman–Crippen MR) is 142 cm³/mol. The number of aryl methyl sites for hydroxylation is 1. The normalized spacial score (nSPS) is 11.4. The lowest BCUT2D eigenvalue weighted by Crippen LogP contribution is -2.50. The minimum atomic E-state index is -0.652. The molecule has 3 rings (SSSR count). The molecule has 3 aromatic rings. The SMILES string of the molecule is CCNC(=O)C(Cc1ccccc1)N(Cc1ccc(Cl)cc1)C(=O)CCc1ccc(OC)c(OC)c1. The molecule has 0 saturated carbocycles. The molecule has 36 heavy (non-hydrogen) atoms. The number of ether oxygens (including phenoxy) is 2. The molecule has 1 N–H and O–H groups in total. The van der Waals surface area contributed by atoms with Crippen molar-refractivity contribution in [2.45, 2.75) is 38.8 Å². The van der Waals surface area contributed by atoms with Crippen LogP contribution in [-0.2, 0) is 29.0 Å². The molecule has 0 aromatic heterocycles. The molecule has 0 aliphatic carbocycles. The standard InChI is InChI=1S/C29H33ClN2O4/c1-4-31-29(34)25(18-21-8-6-5-7-9-21)32(20-23-10-14-24(30)15-11-23)28(33)17-13-22-12-16-26(35-2)27(19-22)36-3/h5-12,14-16,19,25H,4,13,17-18,20H2,1-3H3,(H,31,34). The van der Waals surface area contributed by atoms with Gasteiger partial charge in [0.25, 0.3) is 0 Å². The highest BCUT2D eigenvalue weighted by Crippen LogP contribution is 2.28. The second-order valence-electron chi connectivity index (χ2n) is 8.44. The van der Waals surface area contributed by atoms with E-state index in [0.717, 1.165) is 16.7 Å². The molecule has 0 aliphatic heterocycles. The van der Waals surface area contributed by atoms with Crippen LogP contribution < -0.4 is 14.8 Å². The van der Waals surface area contributed by atoms with Gasteiger partial charge in [-0.05, 0) is 54.3 Å². The van der Waals surface area contributed by atoms with Crippen molar-refractivity contribution in [1.82, 2.24) is 10.2 Å². The van der Waals surface area contributed by atoms with Crippen molar-refractivity contribution < 1.29 is 19.1 Å². The summed E-state index contributed by atoms with van der Waals surface area (Å²) in [6.45, 7) is 2.66. The first-order valence-electron chi connectivity index (χ1n) is 12.0. The number of rotatable bonds is 12. The molecule has 0 fully saturated rings. The summed E-state index contributed by atoms with van der Waals surface area (Å²) in [7, 11) is 3.17. The maximum absolute atomic E-state index is 13.7. The minimum absolute atomic E-state index is 0.105. The number of carbonyl (C=O) groups excluding carboxylic acids is 2. The molecule has 2 amide bonds. The summed E-state index contributed by atoms with van der Waals surface area (Å²) < 4.78 is 10.7. The number of likely N-dealkylation sites (N-methyl/N-ethyl adjacent to an activating group) is 1. The molecule has 3 aromatic carbocycles. The number of halogens is 1. The van der Waals surface area contributed by atoms with E-state index in [0.29, 0.717) is 42.5 Å². The second kappa shape index (κ2) is 13.5. The van der Waals surface area contributed by atoms with Crippen molar-refractivity contribution in [1.29, 1.82) is 0 Å². The Hall–Kier alpha value is -3.51. The van der Waals surface area contributed by atoms with E-state index in [-0.39, 0.29) is 18.2 Å². The maximum atomic E-state index is 13.7. The smallest absolute Gasteiger partial charge is 0.243 e. The Kier molecular flexibility index (Phi) is 10.2. The zero-order valence-corrected chi connectivity index (χ0v) is 21.8. The molecule has 0 aliphatic rings. The second-order valence-corrected chi connectivity index (χ2v) is 8.87. The molecule has 1 atom stereocenters. The first kappa shape index (κ1) is 27.1. The van der Waals surface area contributed by atoms with Gasteiger partial charge in [-0.15, -0.1) is 0 Å². The Labute approximate surface area is 218 Å². The van der Waals surface area contributed by atoms with Crippen LogP contribution in [0.3, 0.4) is 0 Å². The highest BCUT2D eigenvalue weighted by molar-refractivity contribution is 6.30. The van der Waals surface area contributed by atoms with Crippen LogP contribution in [0.5, 0.6) is 11.5 Å². The summed E-state index contributed by atoms with van der Waals surface area (Å²) in [6, 6.07) is 22.1. The first-order valence-corrected chi connectivity index (χ1v) is 12.4. The van der Waals surface area contributed by atoms with E-state index >= 15 is 0 Å². The van der Waals surface area contributed by atoms with Gasteiger partial charge in [0.05, 0.1) is 14.2 Å². The fourth-order valence-corrected chi connectivity index (χ4v) is 4.19. The molecule has 0 bridgehead atoms. The Bertz CT molecular complexity index is 1140. The molecule has 0 radical (unpaired) electrons. The Balaban J connectivity index is 1.87. The lowest BCUT2D eigenvalue weighted by Gasteiger charge is -2.31. The molecule has 0 heterocycles. The average molecular weight is 509 g/mol. The van der Waals surface area contributed by atoms with Crippen molar-refractivity contribution in [2.24, 2.45) is 0 Å². The fourth-order valence-electron chi connectivity index (χ4n) is 4.06. The Morgan fingerprint density at radius 1 is 0.889 bits per heavy atom. The van der Waals surface area contributed by atoms with Gasteiger partial charge >= 0.3 is 0 Å². The summed E-state index contributed by atoms with van der Waals surface area (Å²) in [5.74, 6) is 0.975. The quantitative estimate of drug-likeness (QED) is 0.371. The van der Waals surface area contributed by atoms with E-state index in [9.17, 15) is 9.59 Å². The summed E-state index contributed by atoms with van der Waals surface area (Å²) in [4.78, 5) is 28.6. The lowest BCUT2D eigenvalue weighted by molar-refractivity contribution is -0.141. The van der Waals surface area contributed by atoms with Crippen molar-refractivity contribution in [3.63, 3.8) is 0 Å². The van der Waals surface area contributed by atoms with E-state index in [2.05, 4.69) is 5.32 Å². The van der Waals surface area contributed by atoms with Gasteiger partial charge in [0, 0.05) is 31.0 Å². The van der Waals surface area contributed by atoms with Gasteiger partial charge in [0.1, 0.15) is 6.04 Å². The number of nitrogens with one attached hydrogen (secondary N) is 1. The molecule has 0 spiro atoms. The monoisotopic (exact) mass is 508 g/mol. The largest absolute Gasteiger partial charge is 0.493 e. The number of hydrogen-bond donors (Lipinski definition) is 1. The van der Waals surface area contributed by atoms with Gasteiger partial charge in [0.2, 0.25) is 11.8 Å². The van der Waals surface area contributed by atoms with Gasteiger partial charge < -0.3 is 19.7 Å². The third-order valence-corrected chi connectivity index (χ3v) is 6.22. The van der Waals surface area contributed by atoms with Gasteiger partial charge in [-0.2, -0.15) is 0 Å². The molecule has 1 unspecified atom stereocenters. The van der Waals surface area contributed by atoms with E-state index in [1.54, 1.807) is 31.3 Å². The van der Waals surface area contributed by atoms with Crippen LogP contribution in [0.15, 0.2) is 72.8 Å². The Morgan fingerprint density at radius 2 is 1.56 bits per heavy atom. The van der Waals surface area contributed by atoms with Gasteiger partial charge in [-0.25, -0.2) is 0 Å². The molecule has 0 saturated heterocycles. The van der Waals surface area contributed by atoms with Crippen LogP contribution in [-0.4, -0.2) is 43.5 Å². The zero-order chi connectivity index (χ0) is 25.9. The van der Waals surface area contributed by atoms with Crippen LogP contribution in [0.2, 0.25) is 5.02 Å². The van der Waals surface area contributed by atoms with Crippen molar-refractivity contribution >= 4 is 23.4 Å². The third kappa shape index (κ3) is 7.49. The first-order chi connectivity index (χ1) is 17.4. The summed E-state index contributed by atoms with van der Waals surface area (Å²) in [5.41, 5.74) is 2.84. The lowest BCUT2D eigenvalue weighted by atomic mass is 10.0. The highest BCUT2D eigenvalue weighted by atomic mass is 35.5. The molecule has 6 nitrogen and oxygen atoms in total. The van der Waals surface area contributed by atoms with Crippen LogP contribution >= 0.6 is 11.6 Å². The minimum Gasteiger partial charge on any atom is -0.493 e. The predicted octanol–water partition coefficient (Wildman–Crippen LogP) is 5.07. The number of methoxy groups -OCH3 is 2. The van der Waals surface area contributed by atoms with Gasteiger partial charge in [-0.3, -0.25) is 9.59 Å². The van der Waals surface area contributed by atoms with Gasteiger partial charge in [0.15, 0.2) is 11.5 Å². The average Bonchev–Trinajstić information content (AvgIpc) is 2.90. The van der Waals surface area contributed by atoms with E-state index in [4.69, 9.17) is 21.1 Å². The summed E-state index contributed by atoms with van der Waals surface area (Å²) >= 11 is 6.07. The molecular formula is C29H33ClN2O4. The number of carbonyl (C=O) groups is 2. The fraction of sp³-hybridized carbons (Fsp3) is 0.310. The van der Waals surface area contributed by atoms with Gasteiger partial charge in [-0.1, -0.05) is 60.1 Å². The number of nitrogens with zero attached hydrogens (tertiary/aromatic N) is 1. The van der Waals surface area contributed by atoms with E-state index in [1.165, 1.54) is 0 Å². The molecule has 7 heteroatoms. The molecule has 190 valence electrons. The zero-order valence-electron chi connectivity index (χ0n) is 21.0. The number of hydrogen-bond acceptors (Lipinski definition) is 4. The van der Waals surface area contributed by atoms with E-state index < -0.39 is 6.04 Å². The number of benzene rings is 3. The van der Waals surface area contributed by atoms with Crippen molar-refractivity contribution in [3.05, 3.63) is 94.5 Å². The van der Waals surface area contributed by atoms with Crippen molar-refractivity contribution in [3.8, 4) is 11.5 Å². The Morgan fingerprint density at radius 3 is 2.19 bits per heavy atom. The van der Waals surface area contributed by atoms with Crippen LogP contribution in [0.4, 0.5) is 0 Å².